The molecule has 1 aliphatic heterocycles. The van der Waals surface area contributed by atoms with Gasteiger partial charge >= 0.3 is 0 Å². The summed E-state index contributed by atoms with van der Waals surface area (Å²) in [5.41, 5.74) is 0.260. The summed E-state index contributed by atoms with van der Waals surface area (Å²) in [5, 5.41) is 0. The van der Waals surface area contributed by atoms with Crippen molar-refractivity contribution in [2.45, 2.75) is 25.7 Å². The average Bonchev–Trinajstić information content (AvgIpc) is 2.85. The molecule has 0 unspecified atom stereocenters. The molecular formula is C14H17F2NO. The van der Waals surface area contributed by atoms with Crippen molar-refractivity contribution in [1.29, 1.82) is 0 Å². The fourth-order valence-corrected chi connectivity index (χ4v) is 2.28. The van der Waals surface area contributed by atoms with Crippen molar-refractivity contribution >= 4 is 5.78 Å². The maximum Gasteiger partial charge on any atom is 0.163 e. The zero-order valence-electron chi connectivity index (χ0n) is 10.3. The Hall–Kier alpha value is -1.29. The van der Waals surface area contributed by atoms with E-state index >= 15 is 0 Å². The van der Waals surface area contributed by atoms with Gasteiger partial charge in [0, 0.05) is 12.0 Å². The van der Waals surface area contributed by atoms with Crippen molar-refractivity contribution in [2.75, 3.05) is 19.6 Å². The van der Waals surface area contributed by atoms with E-state index in [4.69, 9.17) is 0 Å². The maximum absolute atomic E-state index is 13.0. The number of hydrogen-bond acceptors (Lipinski definition) is 2. The van der Waals surface area contributed by atoms with Crippen LogP contribution in [0.1, 0.15) is 36.0 Å². The van der Waals surface area contributed by atoms with Crippen LogP contribution in [0.5, 0.6) is 0 Å². The van der Waals surface area contributed by atoms with Crippen LogP contribution in [0, 0.1) is 11.6 Å². The summed E-state index contributed by atoms with van der Waals surface area (Å²) in [4.78, 5) is 14.1. The smallest absolute Gasteiger partial charge is 0.163 e. The largest absolute Gasteiger partial charge is 0.303 e. The van der Waals surface area contributed by atoms with Crippen molar-refractivity contribution in [3.8, 4) is 0 Å². The minimum absolute atomic E-state index is 0.118. The number of ketones is 1. The van der Waals surface area contributed by atoms with Crippen LogP contribution in [0.4, 0.5) is 8.78 Å². The van der Waals surface area contributed by atoms with Crippen LogP contribution in [0.25, 0.3) is 0 Å². The van der Waals surface area contributed by atoms with Gasteiger partial charge in [0.25, 0.3) is 0 Å². The molecule has 4 heteroatoms. The minimum Gasteiger partial charge on any atom is -0.303 e. The molecule has 1 fully saturated rings. The van der Waals surface area contributed by atoms with Crippen molar-refractivity contribution in [3.63, 3.8) is 0 Å². The average molecular weight is 253 g/mol. The van der Waals surface area contributed by atoms with Gasteiger partial charge in [0.1, 0.15) is 0 Å². The Labute approximate surface area is 106 Å². The van der Waals surface area contributed by atoms with Gasteiger partial charge in [-0.1, -0.05) is 0 Å². The van der Waals surface area contributed by atoms with Crippen molar-refractivity contribution in [1.82, 2.24) is 4.90 Å². The van der Waals surface area contributed by atoms with Crippen LogP contribution in [0.3, 0.4) is 0 Å². The lowest BCUT2D eigenvalue weighted by molar-refractivity contribution is 0.0975. The molecule has 1 saturated heterocycles. The fourth-order valence-electron chi connectivity index (χ4n) is 2.28. The topological polar surface area (TPSA) is 20.3 Å². The molecule has 0 atom stereocenters. The molecule has 0 aromatic heterocycles. The molecule has 0 bridgehead atoms. The standard InChI is InChI=1S/C14H17F2NO/c15-12-6-5-11(10-13(12)16)14(18)4-3-9-17-7-1-2-8-17/h5-6,10H,1-4,7-9H2. The number of carbonyl (C=O) groups is 1. The summed E-state index contributed by atoms with van der Waals surface area (Å²) < 4.78 is 25.7. The summed E-state index contributed by atoms with van der Waals surface area (Å²) in [7, 11) is 0. The van der Waals surface area contributed by atoms with E-state index in [-0.39, 0.29) is 11.3 Å². The Kier molecular flexibility index (Phi) is 4.42. The van der Waals surface area contributed by atoms with Gasteiger partial charge in [-0.2, -0.15) is 0 Å². The van der Waals surface area contributed by atoms with E-state index in [1.807, 2.05) is 0 Å². The van der Waals surface area contributed by atoms with Crippen molar-refractivity contribution in [3.05, 3.63) is 35.4 Å². The predicted molar refractivity (Wildman–Crippen MR) is 65.6 cm³/mol. The Morgan fingerprint density at radius 3 is 2.56 bits per heavy atom. The first kappa shape index (κ1) is 13.1. The van der Waals surface area contributed by atoms with E-state index in [0.29, 0.717) is 6.42 Å². The number of likely N-dealkylation sites (tertiary alicyclic amines) is 1. The molecule has 2 rings (SSSR count). The lowest BCUT2D eigenvalue weighted by Crippen LogP contribution is -2.21. The van der Waals surface area contributed by atoms with E-state index < -0.39 is 11.6 Å². The summed E-state index contributed by atoms with van der Waals surface area (Å²) in [6.07, 6.45) is 3.63. The molecule has 98 valence electrons. The van der Waals surface area contributed by atoms with E-state index in [1.54, 1.807) is 0 Å². The number of benzene rings is 1. The maximum atomic E-state index is 13.0. The van der Waals surface area contributed by atoms with Gasteiger partial charge in [-0.05, 0) is 57.1 Å². The molecule has 1 aliphatic rings. The zero-order valence-corrected chi connectivity index (χ0v) is 10.3. The molecule has 1 heterocycles. The molecule has 18 heavy (non-hydrogen) atoms. The molecule has 1 aromatic rings. The van der Waals surface area contributed by atoms with Gasteiger partial charge < -0.3 is 4.90 Å². The zero-order chi connectivity index (χ0) is 13.0. The SMILES string of the molecule is O=C(CCCN1CCCC1)c1ccc(F)c(F)c1. The summed E-state index contributed by atoms with van der Waals surface area (Å²) in [6.45, 7) is 3.13. The van der Waals surface area contributed by atoms with Crippen molar-refractivity contribution in [2.24, 2.45) is 0 Å². The van der Waals surface area contributed by atoms with Crippen LogP contribution in [0.2, 0.25) is 0 Å². The third kappa shape index (κ3) is 3.35. The highest BCUT2D eigenvalue weighted by atomic mass is 19.2. The van der Waals surface area contributed by atoms with Gasteiger partial charge in [-0.25, -0.2) is 8.78 Å². The van der Waals surface area contributed by atoms with Gasteiger partial charge in [-0.3, -0.25) is 4.79 Å². The Bertz CT molecular complexity index is 428. The Morgan fingerprint density at radius 2 is 1.89 bits per heavy atom. The third-order valence-electron chi connectivity index (χ3n) is 3.32. The van der Waals surface area contributed by atoms with Crippen LogP contribution >= 0.6 is 0 Å². The van der Waals surface area contributed by atoms with Gasteiger partial charge in [0.05, 0.1) is 0 Å². The normalized spacial score (nSPS) is 16.1. The molecule has 0 aliphatic carbocycles. The lowest BCUT2D eigenvalue weighted by Gasteiger charge is -2.13. The van der Waals surface area contributed by atoms with E-state index in [1.165, 1.54) is 18.9 Å². The molecule has 0 amide bonds. The third-order valence-corrected chi connectivity index (χ3v) is 3.32. The van der Waals surface area contributed by atoms with E-state index in [0.717, 1.165) is 38.2 Å². The number of nitrogens with zero attached hydrogens (tertiary/aromatic N) is 1. The molecule has 0 saturated carbocycles. The summed E-state index contributed by atoms with van der Waals surface area (Å²) >= 11 is 0. The molecule has 0 radical (unpaired) electrons. The second kappa shape index (κ2) is 6.05. The summed E-state index contributed by atoms with van der Waals surface area (Å²) in [5.74, 6) is -1.99. The van der Waals surface area contributed by atoms with Crippen LogP contribution in [-0.4, -0.2) is 30.3 Å². The van der Waals surface area contributed by atoms with Crippen LogP contribution < -0.4 is 0 Å². The fraction of sp³-hybridized carbons (Fsp3) is 0.500. The van der Waals surface area contributed by atoms with Crippen molar-refractivity contribution < 1.29 is 13.6 Å². The predicted octanol–water partition coefficient (Wildman–Crippen LogP) is 3.02. The number of rotatable bonds is 5. The molecule has 0 spiro atoms. The highest BCUT2D eigenvalue weighted by Gasteiger charge is 2.13. The first-order valence-corrected chi connectivity index (χ1v) is 6.37. The highest BCUT2D eigenvalue weighted by Crippen LogP contribution is 2.13. The quantitative estimate of drug-likeness (QED) is 0.752. The van der Waals surface area contributed by atoms with Crippen LogP contribution in [-0.2, 0) is 0 Å². The molecule has 1 aromatic carbocycles. The van der Waals surface area contributed by atoms with E-state index in [9.17, 15) is 13.6 Å². The Morgan fingerprint density at radius 1 is 1.17 bits per heavy atom. The lowest BCUT2D eigenvalue weighted by atomic mass is 10.1. The Balaban J connectivity index is 1.81. The van der Waals surface area contributed by atoms with Gasteiger partial charge in [0.2, 0.25) is 0 Å². The molecule has 0 N–H and O–H groups in total. The molecular weight excluding hydrogens is 236 g/mol. The van der Waals surface area contributed by atoms with Crippen LogP contribution in [0.15, 0.2) is 18.2 Å². The minimum atomic E-state index is -0.958. The first-order valence-electron chi connectivity index (χ1n) is 6.37. The first-order chi connectivity index (χ1) is 8.66. The van der Waals surface area contributed by atoms with Gasteiger partial charge in [0.15, 0.2) is 17.4 Å². The molecule has 2 nitrogen and oxygen atoms in total. The summed E-state index contributed by atoms with van der Waals surface area (Å²) in [6, 6.07) is 3.33. The number of carbonyl (C=O) groups excluding carboxylic acids is 1. The van der Waals surface area contributed by atoms with Gasteiger partial charge in [-0.15, -0.1) is 0 Å². The monoisotopic (exact) mass is 253 g/mol. The number of Topliss-reactive ketones (excluding diaryl/α,β-unsaturated/α-hetero) is 1. The van der Waals surface area contributed by atoms with E-state index in [2.05, 4.69) is 4.90 Å². The second-order valence-corrected chi connectivity index (χ2v) is 4.70. The second-order valence-electron chi connectivity index (χ2n) is 4.70. The number of hydrogen-bond donors (Lipinski definition) is 0. The number of halogens is 2. The highest BCUT2D eigenvalue weighted by molar-refractivity contribution is 5.96.